The monoisotopic (exact) mass is 541 g/mol. The third-order valence-corrected chi connectivity index (χ3v) is 7.33. The van der Waals surface area contributed by atoms with Crippen molar-refractivity contribution in [2.75, 3.05) is 0 Å². The molecular weight excluding hydrogens is 456 g/mol. The van der Waals surface area contributed by atoms with Gasteiger partial charge in [0, 0.05) is 0 Å². The van der Waals surface area contributed by atoms with Gasteiger partial charge in [-0.25, -0.2) is 0 Å². The summed E-state index contributed by atoms with van der Waals surface area (Å²) in [6.45, 7) is 18.1. The summed E-state index contributed by atoms with van der Waals surface area (Å²) in [7, 11) is 0. The van der Waals surface area contributed by atoms with Gasteiger partial charge in [-0.15, -0.1) is 0 Å². The van der Waals surface area contributed by atoms with E-state index in [-0.39, 0.29) is 0 Å². The van der Waals surface area contributed by atoms with E-state index < -0.39 is 0 Å². The Kier molecular flexibility index (Phi) is 63.1. The second kappa shape index (κ2) is 53.3. The maximum absolute atomic E-state index is 2.27. The van der Waals surface area contributed by atoms with Gasteiger partial charge in [-0.3, -0.25) is 0 Å². The molecule has 0 saturated carbocycles. The fourth-order valence-corrected chi connectivity index (χ4v) is 4.47. The summed E-state index contributed by atoms with van der Waals surface area (Å²) in [5.41, 5.74) is 0. The second-order valence-corrected chi connectivity index (χ2v) is 11.8. The van der Waals surface area contributed by atoms with Gasteiger partial charge in [-0.05, 0) is 0 Å². The van der Waals surface area contributed by atoms with Crippen LogP contribution in [0, 0.1) is 0 Å². The van der Waals surface area contributed by atoms with E-state index in [9.17, 15) is 0 Å². The number of hydrogen-bond acceptors (Lipinski definition) is 0. The van der Waals surface area contributed by atoms with E-state index in [0.29, 0.717) is 0 Å². The van der Waals surface area contributed by atoms with Crippen LogP contribution >= 0.6 is 0 Å². The van der Waals surface area contributed by atoms with Gasteiger partial charge in [0.25, 0.3) is 0 Å². The van der Waals surface area contributed by atoms with E-state index in [1.807, 2.05) is 0 Å². The lowest BCUT2D eigenvalue weighted by Gasteiger charge is -1.97. The molecule has 0 N–H and O–H groups in total. The van der Waals surface area contributed by atoms with Gasteiger partial charge in [0.2, 0.25) is 0 Å². The van der Waals surface area contributed by atoms with E-state index in [1.165, 1.54) is 193 Å². The van der Waals surface area contributed by atoms with Gasteiger partial charge in [-0.2, -0.15) is 0 Å². The standard InChI is InChI=1S/3C10H22.C8H18/c3*1-3-5-7-9-10-8-6-4-2;1-3-5-7-8-6-4-2/h3*3-10H2,1-2H3;3-8H2,1-2H3. The highest BCUT2D eigenvalue weighted by Gasteiger charge is 1.89. The van der Waals surface area contributed by atoms with Crippen molar-refractivity contribution in [3.05, 3.63) is 0 Å². The summed E-state index contributed by atoms with van der Waals surface area (Å²) in [4.78, 5) is 0. The van der Waals surface area contributed by atoms with Gasteiger partial charge in [0.15, 0.2) is 0 Å². The van der Waals surface area contributed by atoms with Crippen molar-refractivity contribution >= 4 is 0 Å². The number of hydrogen-bond donors (Lipinski definition) is 0. The first-order valence-electron chi connectivity index (χ1n) is 18.7. The third-order valence-electron chi connectivity index (χ3n) is 7.33. The molecule has 0 saturated heterocycles. The highest BCUT2D eigenvalue weighted by molar-refractivity contribution is 4.45. The third kappa shape index (κ3) is 65.2. The molecule has 0 bridgehead atoms. The Morgan fingerprint density at radius 2 is 0.211 bits per heavy atom. The first kappa shape index (κ1) is 45.0. The first-order chi connectivity index (χ1) is 18.7. The molecule has 0 rings (SSSR count). The van der Waals surface area contributed by atoms with Crippen LogP contribution in [0.15, 0.2) is 0 Å². The predicted octanol–water partition coefficient (Wildman–Crippen LogP) is 15.8. The van der Waals surface area contributed by atoms with Gasteiger partial charge in [-0.1, -0.05) is 248 Å². The van der Waals surface area contributed by atoms with Crippen LogP contribution in [-0.2, 0) is 0 Å². The highest BCUT2D eigenvalue weighted by atomic mass is 14.0. The molecule has 0 unspecified atom stereocenters. The normalized spacial score (nSPS) is 10.1. The van der Waals surface area contributed by atoms with E-state index in [0.717, 1.165) is 0 Å². The molecule has 0 atom stereocenters. The van der Waals surface area contributed by atoms with Crippen molar-refractivity contribution in [3.63, 3.8) is 0 Å². The average molecular weight is 541 g/mol. The smallest absolute Gasteiger partial charge is 0.0533 e. The van der Waals surface area contributed by atoms with E-state index in [1.54, 1.807) is 0 Å². The fraction of sp³-hybridized carbons (Fsp3) is 1.00. The molecule has 0 aliphatic carbocycles. The van der Waals surface area contributed by atoms with E-state index in [2.05, 4.69) is 55.4 Å². The Hall–Kier alpha value is 0. The minimum atomic E-state index is 1.36. The Bertz CT molecular complexity index is 226. The SMILES string of the molecule is CCCCCCCC.CCCCCCCCCC.CCCCCCCCCC.CCCCCCCCCC. The van der Waals surface area contributed by atoms with Crippen LogP contribution < -0.4 is 0 Å². The maximum Gasteiger partial charge on any atom is -0.0533 e. The Morgan fingerprint density at radius 1 is 0.132 bits per heavy atom. The summed E-state index contributed by atoms with van der Waals surface area (Å²) < 4.78 is 0. The van der Waals surface area contributed by atoms with Crippen LogP contribution in [0.1, 0.15) is 248 Å². The summed E-state index contributed by atoms with van der Waals surface area (Å²) in [6.07, 6.45) is 42.9. The summed E-state index contributed by atoms with van der Waals surface area (Å²) >= 11 is 0. The second-order valence-electron chi connectivity index (χ2n) is 11.8. The first-order valence-corrected chi connectivity index (χ1v) is 18.7. The van der Waals surface area contributed by atoms with Crippen molar-refractivity contribution in [2.24, 2.45) is 0 Å². The zero-order valence-electron chi connectivity index (χ0n) is 29.2. The lowest BCUT2D eigenvalue weighted by atomic mass is 10.1. The molecule has 0 radical (unpaired) electrons. The van der Waals surface area contributed by atoms with Crippen molar-refractivity contribution in [3.8, 4) is 0 Å². The Labute approximate surface area is 247 Å². The molecule has 38 heavy (non-hydrogen) atoms. The number of rotatable bonds is 26. The molecular formula is C38H84. The van der Waals surface area contributed by atoms with Crippen LogP contribution in [0.3, 0.4) is 0 Å². The molecule has 0 aromatic rings. The van der Waals surface area contributed by atoms with Crippen LogP contribution in [0.4, 0.5) is 0 Å². The average Bonchev–Trinajstić information content (AvgIpc) is 2.94. The lowest BCUT2D eigenvalue weighted by Crippen LogP contribution is -1.77. The summed E-state index contributed by atoms with van der Waals surface area (Å²) in [6, 6.07) is 0. The lowest BCUT2D eigenvalue weighted by molar-refractivity contribution is 0.585. The van der Waals surface area contributed by atoms with Crippen LogP contribution in [-0.4, -0.2) is 0 Å². The van der Waals surface area contributed by atoms with Gasteiger partial charge in [0.1, 0.15) is 0 Å². The topological polar surface area (TPSA) is 0 Å². The minimum absolute atomic E-state index is 1.36. The molecule has 0 nitrogen and oxygen atoms in total. The van der Waals surface area contributed by atoms with Crippen molar-refractivity contribution in [1.29, 1.82) is 0 Å². The van der Waals surface area contributed by atoms with Crippen molar-refractivity contribution in [2.45, 2.75) is 248 Å². The quantitative estimate of drug-likeness (QED) is 0.0957. The fourth-order valence-electron chi connectivity index (χ4n) is 4.47. The zero-order valence-corrected chi connectivity index (χ0v) is 29.2. The van der Waals surface area contributed by atoms with Crippen molar-refractivity contribution < 1.29 is 0 Å². The molecule has 236 valence electrons. The molecule has 0 aliphatic rings. The Balaban J connectivity index is -0.000000204. The minimum Gasteiger partial charge on any atom is -0.0654 e. The summed E-state index contributed by atoms with van der Waals surface area (Å²) in [5.74, 6) is 0. The molecule has 0 aromatic carbocycles. The van der Waals surface area contributed by atoms with Gasteiger partial charge in [0.05, 0.1) is 0 Å². The zero-order chi connectivity index (χ0) is 29.2. The van der Waals surface area contributed by atoms with Crippen LogP contribution in [0.2, 0.25) is 0 Å². The highest BCUT2D eigenvalue weighted by Crippen LogP contribution is 2.09. The predicted molar refractivity (Wildman–Crippen MR) is 184 cm³/mol. The molecule has 0 amide bonds. The summed E-state index contributed by atoms with van der Waals surface area (Å²) in [5, 5.41) is 0. The maximum atomic E-state index is 2.27. The number of unbranched alkanes of at least 4 members (excludes halogenated alkanes) is 26. The van der Waals surface area contributed by atoms with Crippen molar-refractivity contribution in [1.82, 2.24) is 0 Å². The molecule has 0 spiro atoms. The molecule has 0 aromatic heterocycles. The van der Waals surface area contributed by atoms with Crippen LogP contribution in [0.5, 0.6) is 0 Å². The molecule has 0 heterocycles. The molecule has 0 heteroatoms. The van der Waals surface area contributed by atoms with E-state index >= 15 is 0 Å². The Morgan fingerprint density at radius 3 is 0.289 bits per heavy atom. The largest absolute Gasteiger partial charge is 0.0654 e. The van der Waals surface area contributed by atoms with E-state index in [4.69, 9.17) is 0 Å². The molecule has 0 aliphatic heterocycles. The van der Waals surface area contributed by atoms with Gasteiger partial charge < -0.3 is 0 Å². The molecule has 0 fully saturated rings. The van der Waals surface area contributed by atoms with Crippen LogP contribution in [0.25, 0.3) is 0 Å². The van der Waals surface area contributed by atoms with Gasteiger partial charge >= 0.3 is 0 Å².